The highest BCUT2D eigenvalue weighted by Gasteiger charge is 2.21. The highest BCUT2D eigenvalue weighted by Crippen LogP contribution is 2.38. The van der Waals surface area contributed by atoms with Gasteiger partial charge in [-0.2, -0.15) is 0 Å². The molecule has 1 heterocycles. The summed E-state index contributed by atoms with van der Waals surface area (Å²) in [4.78, 5) is 3.29. The lowest BCUT2D eigenvalue weighted by atomic mass is 10.1. The predicted octanol–water partition coefficient (Wildman–Crippen LogP) is 4.09. The molecule has 1 saturated heterocycles. The third kappa shape index (κ3) is 3.82. The molecular formula is C18H19F2NO2S. The molecule has 2 aromatic rings. The second kappa shape index (κ2) is 7.40. The Labute approximate surface area is 144 Å². The van der Waals surface area contributed by atoms with E-state index < -0.39 is 0 Å². The van der Waals surface area contributed by atoms with Crippen LogP contribution < -0.4 is 9.64 Å². The molecule has 0 atom stereocenters. The molecule has 0 amide bonds. The lowest BCUT2D eigenvalue weighted by molar-refractivity contribution is 0.145. The van der Waals surface area contributed by atoms with Crippen LogP contribution in [0.5, 0.6) is 5.75 Å². The van der Waals surface area contributed by atoms with Crippen molar-refractivity contribution in [2.24, 2.45) is 0 Å². The van der Waals surface area contributed by atoms with Gasteiger partial charge in [-0.1, -0.05) is 11.8 Å². The van der Waals surface area contributed by atoms with E-state index in [0.717, 1.165) is 10.6 Å². The van der Waals surface area contributed by atoms with E-state index in [2.05, 4.69) is 0 Å². The van der Waals surface area contributed by atoms with Crippen molar-refractivity contribution in [3.05, 3.63) is 48.0 Å². The maximum atomic E-state index is 14.2. The van der Waals surface area contributed by atoms with Gasteiger partial charge in [-0.15, -0.1) is 0 Å². The van der Waals surface area contributed by atoms with Gasteiger partial charge in [-0.25, -0.2) is 8.78 Å². The predicted molar refractivity (Wildman–Crippen MR) is 90.9 cm³/mol. The Morgan fingerprint density at radius 2 is 1.79 bits per heavy atom. The molecule has 0 unspecified atom stereocenters. The van der Waals surface area contributed by atoms with E-state index in [9.17, 15) is 13.9 Å². The van der Waals surface area contributed by atoms with Crippen LogP contribution in [0.4, 0.5) is 14.5 Å². The standard InChI is InChI=1S/C18H19F2NO2S/c1-23-14-3-5-17(15(20)11-14)24-18-4-2-12(19)10-16(18)21-8-6-13(22)7-9-21/h2-5,10-11,13,22H,6-9H2,1H3. The molecule has 0 bridgehead atoms. The minimum Gasteiger partial charge on any atom is -0.497 e. The smallest absolute Gasteiger partial charge is 0.140 e. The van der Waals surface area contributed by atoms with E-state index in [0.29, 0.717) is 36.6 Å². The zero-order valence-electron chi connectivity index (χ0n) is 13.3. The molecule has 24 heavy (non-hydrogen) atoms. The molecule has 0 radical (unpaired) electrons. The number of ether oxygens (including phenoxy) is 1. The summed E-state index contributed by atoms with van der Waals surface area (Å²) in [5.41, 5.74) is 0.738. The van der Waals surface area contributed by atoms with E-state index in [1.54, 1.807) is 18.2 Å². The van der Waals surface area contributed by atoms with Crippen LogP contribution in [-0.2, 0) is 0 Å². The molecule has 0 saturated carbocycles. The second-order valence-corrected chi connectivity index (χ2v) is 6.81. The van der Waals surface area contributed by atoms with Gasteiger partial charge in [0.25, 0.3) is 0 Å². The molecule has 0 aliphatic carbocycles. The molecule has 6 heteroatoms. The van der Waals surface area contributed by atoms with Gasteiger partial charge in [0, 0.05) is 28.9 Å². The fraction of sp³-hybridized carbons (Fsp3) is 0.333. The van der Waals surface area contributed by atoms with Crippen molar-refractivity contribution in [1.82, 2.24) is 0 Å². The van der Waals surface area contributed by atoms with Crippen molar-refractivity contribution >= 4 is 17.4 Å². The van der Waals surface area contributed by atoms with Crippen LogP contribution >= 0.6 is 11.8 Å². The zero-order valence-corrected chi connectivity index (χ0v) is 14.2. The molecule has 3 nitrogen and oxygen atoms in total. The average Bonchev–Trinajstić information content (AvgIpc) is 2.59. The molecule has 1 aliphatic heterocycles. The third-order valence-corrected chi connectivity index (χ3v) is 5.20. The molecule has 0 aromatic heterocycles. The van der Waals surface area contributed by atoms with Crippen LogP contribution in [0.1, 0.15) is 12.8 Å². The molecule has 1 N–H and O–H groups in total. The molecule has 1 fully saturated rings. The Hall–Kier alpha value is -1.79. The number of anilines is 1. The van der Waals surface area contributed by atoms with Gasteiger partial charge in [0.05, 0.1) is 18.9 Å². The number of methoxy groups -OCH3 is 1. The number of hydrogen-bond acceptors (Lipinski definition) is 4. The number of benzene rings is 2. The monoisotopic (exact) mass is 351 g/mol. The van der Waals surface area contributed by atoms with Crippen molar-refractivity contribution in [1.29, 1.82) is 0 Å². The number of rotatable bonds is 4. The summed E-state index contributed by atoms with van der Waals surface area (Å²) in [7, 11) is 1.49. The van der Waals surface area contributed by atoms with Crippen LogP contribution in [0.15, 0.2) is 46.2 Å². The summed E-state index contributed by atoms with van der Waals surface area (Å²) in [5.74, 6) is -0.236. The van der Waals surface area contributed by atoms with Crippen LogP contribution in [0, 0.1) is 11.6 Å². The summed E-state index contributed by atoms with van der Waals surface area (Å²) in [6.07, 6.45) is 1.000. The number of piperidine rings is 1. The van der Waals surface area contributed by atoms with Crippen LogP contribution in [0.25, 0.3) is 0 Å². The Kier molecular flexibility index (Phi) is 5.26. The molecule has 3 rings (SSSR count). The van der Waals surface area contributed by atoms with Crippen molar-refractivity contribution in [2.75, 3.05) is 25.1 Å². The highest BCUT2D eigenvalue weighted by molar-refractivity contribution is 7.99. The number of halogens is 2. The van der Waals surface area contributed by atoms with E-state index in [1.165, 1.54) is 37.1 Å². The van der Waals surface area contributed by atoms with Crippen LogP contribution in [-0.4, -0.2) is 31.4 Å². The maximum Gasteiger partial charge on any atom is 0.140 e. The number of hydrogen-bond donors (Lipinski definition) is 1. The lowest BCUT2D eigenvalue weighted by Crippen LogP contribution is -2.36. The van der Waals surface area contributed by atoms with E-state index >= 15 is 0 Å². The fourth-order valence-electron chi connectivity index (χ4n) is 2.74. The number of aliphatic hydroxyl groups is 1. The maximum absolute atomic E-state index is 14.2. The van der Waals surface area contributed by atoms with Gasteiger partial charge in [0.2, 0.25) is 0 Å². The van der Waals surface area contributed by atoms with Crippen LogP contribution in [0.2, 0.25) is 0 Å². The molecule has 1 aliphatic rings. The van der Waals surface area contributed by atoms with Crippen molar-refractivity contribution in [2.45, 2.75) is 28.7 Å². The Bertz CT molecular complexity index is 718. The summed E-state index contributed by atoms with van der Waals surface area (Å²) in [6, 6.07) is 9.22. The van der Waals surface area contributed by atoms with E-state index in [-0.39, 0.29) is 17.7 Å². The van der Waals surface area contributed by atoms with Gasteiger partial charge in [-0.05, 0) is 43.2 Å². The van der Waals surface area contributed by atoms with Gasteiger partial charge in [-0.3, -0.25) is 0 Å². The van der Waals surface area contributed by atoms with Gasteiger partial charge >= 0.3 is 0 Å². The van der Waals surface area contributed by atoms with Crippen molar-refractivity contribution < 1.29 is 18.6 Å². The average molecular weight is 351 g/mol. The fourth-order valence-corrected chi connectivity index (χ4v) is 3.70. The second-order valence-electron chi connectivity index (χ2n) is 5.73. The number of nitrogens with zero attached hydrogens (tertiary/aromatic N) is 1. The first kappa shape index (κ1) is 17.0. The third-order valence-electron chi connectivity index (χ3n) is 4.09. The quantitative estimate of drug-likeness (QED) is 0.899. The van der Waals surface area contributed by atoms with Crippen LogP contribution in [0.3, 0.4) is 0 Å². The van der Waals surface area contributed by atoms with Gasteiger partial charge in [0.1, 0.15) is 17.4 Å². The van der Waals surface area contributed by atoms with E-state index in [4.69, 9.17) is 4.74 Å². The SMILES string of the molecule is COc1ccc(Sc2ccc(F)cc2N2CCC(O)CC2)c(F)c1. The zero-order chi connectivity index (χ0) is 17.1. The number of aliphatic hydroxyl groups excluding tert-OH is 1. The summed E-state index contributed by atoms with van der Waals surface area (Å²) in [5, 5.41) is 9.65. The Balaban J connectivity index is 1.88. The molecule has 2 aromatic carbocycles. The summed E-state index contributed by atoms with van der Waals surface area (Å²) < 4.78 is 32.9. The molecule has 128 valence electrons. The first-order valence-corrected chi connectivity index (χ1v) is 8.62. The first-order chi connectivity index (χ1) is 11.6. The van der Waals surface area contributed by atoms with Crippen molar-refractivity contribution in [3.63, 3.8) is 0 Å². The minimum atomic E-state index is -0.372. The largest absolute Gasteiger partial charge is 0.497 e. The van der Waals surface area contributed by atoms with Gasteiger partial charge in [0.15, 0.2) is 0 Å². The van der Waals surface area contributed by atoms with Gasteiger partial charge < -0.3 is 14.7 Å². The summed E-state index contributed by atoms with van der Waals surface area (Å²) in [6.45, 7) is 1.31. The Morgan fingerprint density at radius 1 is 1.08 bits per heavy atom. The topological polar surface area (TPSA) is 32.7 Å². The highest BCUT2D eigenvalue weighted by atomic mass is 32.2. The minimum absolute atomic E-state index is 0.301. The molecular weight excluding hydrogens is 332 g/mol. The Morgan fingerprint density at radius 3 is 2.46 bits per heavy atom. The lowest BCUT2D eigenvalue weighted by Gasteiger charge is -2.32. The first-order valence-electron chi connectivity index (χ1n) is 7.81. The van der Waals surface area contributed by atoms with E-state index in [1.807, 2.05) is 4.90 Å². The van der Waals surface area contributed by atoms with Crippen molar-refractivity contribution in [3.8, 4) is 5.75 Å². The normalized spacial score (nSPS) is 15.6. The summed E-state index contributed by atoms with van der Waals surface area (Å²) >= 11 is 1.26. The molecule has 0 spiro atoms.